The Labute approximate surface area is 127 Å². The molecule has 0 radical (unpaired) electrons. The van der Waals surface area contributed by atoms with Crippen LogP contribution in [0.5, 0.6) is 0 Å². The molecule has 2 nitrogen and oxygen atoms in total. The summed E-state index contributed by atoms with van der Waals surface area (Å²) >= 11 is 0. The maximum Gasteiger partial charge on any atom is 0.0579 e. The number of hydrogen-bond donors (Lipinski definition) is 1. The van der Waals surface area contributed by atoms with Gasteiger partial charge in [-0.3, -0.25) is 0 Å². The van der Waals surface area contributed by atoms with Crippen LogP contribution in [-0.4, -0.2) is 13.1 Å². The number of likely N-dealkylation sites (N-methyl/N-ethyl adjacent to an activating group) is 1. The van der Waals surface area contributed by atoms with E-state index in [1.54, 1.807) is 0 Å². The van der Waals surface area contributed by atoms with Crippen molar-refractivity contribution in [1.29, 1.82) is 0 Å². The summed E-state index contributed by atoms with van der Waals surface area (Å²) in [7, 11) is 2.17. The van der Waals surface area contributed by atoms with Gasteiger partial charge in [-0.15, -0.1) is 0 Å². The quantitative estimate of drug-likeness (QED) is 0.894. The lowest BCUT2D eigenvalue weighted by atomic mass is 9.80. The SMILES string of the molecule is CN1c2ccccc2C(C)(C)C1/C=C/Nc1ccccc1. The molecule has 1 aliphatic heterocycles. The van der Waals surface area contributed by atoms with E-state index >= 15 is 0 Å². The molecule has 3 rings (SSSR count). The number of nitrogens with zero attached hydrogens (tertiary/aromatic N) is 1. The van der Waals surface area contributed by atoms with Crippen molar-refractivity contribution in [2.24, 2.45) is 0 Å². The van der Waals surface area contributed by atoms with Gasteiger partial charge in [0.1, 0.15) is 0 Å². The molecule has 2 aromatic carbocycles. The second-order valence-corrected chi connectivity index (χ2v) is 6.16. The van der Waals surface area contributed by atoms with Crippen molar-refractivity contribution < 1.29 is 0 Å². The molecule has 1 heterocycles. The van der Waals surface area contributed by atoms with Gasteiger partial charge in [0.15, 0.2) is 0 Å². The van der Waals surface area contributed by atoms with Gasteiger partial charge < -0.3 is 10.2 Å². The first-order valence-corrected chi connectivity index (χ1v) is 7.41. The number of benzene rings is 2. The smallest absolute Gasteiger partial charge is 0.0579 e. The standard InChI is InChI=1S/C19H22N2/c1-19(2)16-11-7-8-12-17(16)21(3)18(19)13-14-20-15-9-5-4-6-10-15/h4-14,18,20H,1-3H3/b14-13+. The number of nitrogens with one attached hydrogen (secondary N) is 1. The van der Waals surface area contributed by atoms with Crippen molar-refractivity contribution in [3.63, 3.8) is 0 Å². The molecule has 1 unspecified atom stereocenters. The Kier molecular flexibility index (Phi) is 3.46. The zero-order valence-electron chi connectivity index (χ0n) is 12.9. The minimum absolute atomic E-state index is 0.111. The van der Waals surface area contributed by atoms with Gasteiger partial charge in [0.2, 0.25) is 0 Å². The first-order chi connectivity index (χ1) is 10.1. The average molecular weight is 278 g/mol. The van der Waals surface area contributed by atoms with Crippen molar-refractivity contribution in [2.45, 2.75) is 25.3 Å². The highest BCUT2D eigenvalue weighted by Crippen LogP contribution is 2.44. The third-order valence-corrected chi connectivity index (χ3v) is 4.44. The number of hydrogen-bond acceptors (Lipinski definition) is 2. The van der Waals surface area contributed by atoms with E-state index in [0.29, 0.717) is 6.04 Å². The third-order valence-electron chi connectivity index (χ3n) is 4.44. The highest BCUT2D eigenvalue weighted by atomic mass is 15.2. The molecule has 1 aliphatic rings. The molecule has 0 aromatic heterocycles. The van der Waals surface area contributed by atoms with Crippen LogP contribution in [0.2, 0.25) is 0 Å². The van der Waals surface area contributed by atoms with E-state index in [1.165, 1.54) is 11.3 Å². The molecule has 0 fully saturated rings. The third kappa shape index (κ3) is 2.42. The van der Waals surface area contributed by atoms with Crippen molar-refractivity contribution in [2.75, 3.05) is 17.3 Å². The second-order valence-electron chi connectivity index (χ2n) is 6.16. The van der Waals surface area contributed by atoms with Gasteiger partial charge in [0, 0.05) is 23.8 Å². The first kappa shape index (κ1) is 13.7. The van der Waals surface area contributed by atoms with Crippen molar-refractivity contribution in [3.8, 4) is 0 Å². The Balaban J connectivity index is 1.81. The van der Waals surface area contributed by atoms with E-state index in [9.17, 15) is 0 Å². The number of para-hydroxylation sites is 2. The molecular weight excluding hydrogens is 256 g/mol. The number of rotatable bonds is 3. The van der Waals surface area contributed by atoms with Crippen molar-refractivity contribution in [3.05, 3.63) is 72.4 Å². The molecular formula is C19H22N2. The van der Waals surface area contributed by atoms with Gasteiger partial charge in [-0.25, -0.2) is 0 Å². The predicted molar refractivity (Wildman–Crippen MR) is 90.9 cm³/mol. The van der Waals surface area contributed by atoms with Crippen LogP contribution in [0.1, 0.15) is 19.4 Å². The molecule has 0 aliphatic carbocycles. The van der Waals surface area contributed by atoms with E-state index in [2.05, 4.69) is 79.8 Å². The first-order valence-electron chi connectivity index (χ1n) is 7.41. The minimum atomic E-state index is 0.111. The lowest BCUT2D eigenvalue weighted by Gasteiger charge is -2.29. The highest BCUT2D eigenvalue weighted by Gasteiger charge is 2.41. The fraction of sp³-hybridized carbons (Fsp3) is 0.263. The van der Waals surface area contributed by atoms with E-state index in [1.807, 2.05) is 18.2 Å². The van der Waals surface area contributed by atoms with Gasteiger partial charge in [0.05, 0.1) is 6.04 Å². The lowest BCUT2D eigenvalue weighted by Crippen LogP contribution is -2.37. The summed E-state index contributed by atoms with van der Waals surface area (Å²) in [5.41, 5.74) is 3.98. The van der Waals surface area contributed by atoms with Gasteiger partial charge >= 0.3 is 0 Å². The lowest BCUT2D eigenvalue weighted by molar-refractivity contribution is 0.487. The van der Waals surface area contributed by atoms with Crippen LogP contribution in [0.4, 0.5) is 11.4 Å². The van der Waals surface area contributed by atoms with Crippen LogP contribution in [0.25, 0.3) is 0 Å². The van der Waals surface area contributed by atoms with Gasteiger partial charge in [-0.05, 0) is 36.0 Å². The summed E-state index contributed by atoms with van der Waals surface area (Å²) in [6, 6.07) is 19.3. The topological polar surface area (TPSA) is 15.3 Å². The highest BCUT2D eigenvalue weighted by molar-refractivity contribution is 5.64. The molecule has 0 spiro atoms. The monoisotopic (exact) mass is 278 g/mol. The summed E-state index contributed by atoms with van der Waals surface area (Å²) in [5, 5.41) is 3.35. The molecule has 2 aromatic rings. The van der Waals surface area contributed by atoms with Crippen LogP contribution in [0.15, 0.2) is 66.9 Å². The molecule has 0 amide bonds. The fourth-order valence-corrected chi connectivity index (χ4v) is 3.26. The van der Waals surface area contributed by atoms with E-state index in [-0.39, 0.29) is 5.41 Å². The molecule has 1 N–H and O–H groups in total. The molecule has 21 heavy (non-hydrogen) atoms. The zero-order valence-corrected chi connectivity index (χ0v) is 12.9. The van der Waals surface area contributed by atoms with Gasteiger partial charge in [0.25, 0.3) is 0 Å². The normalized spacial score (nSPS) is 19.8. The van der Waals surface area contributed by atoms with Crippen LogP contribution in [0.3, 0.4) is 0 Å². The van der Waals surface area contributed by atoms with Gasteiger partial charge in [-0.2, -0.15) is 0 Å². The summed E-state index contributed by atoms with van der Waals surface area (Å²) in [6.07, 6.45) is 4.32. The second kappa shape index (κ2) is 5.28. The zero-order chi connectivity index (χ0) is 14.9. The number of fused-ring (bicyclic) bond motifs is 1. The molecule has 1 atom stereocenters. The van der Waals surface area contributed by atoms with E-state index < -0.39 is 0 Å². The van der Waals surface area contributed by atoms with Crippen molar-refractivity contribution >= 4 is 11.4 Å². The van der Waals surface area contributed by atoms with Crippen LogP contribution < -0.4 is 10.2 Å². The van der Waals surface area contributed by atoms with Crippen molar-refractivity contribution in [1.82, 2.24) is 0 Å². The fourth-order valence-electron chi connectivity index (χ4n) is 3.26. The maximum absolute atomic E-state index is 3.35. The largest absolute Gasteiger partial charge is 0.367 e. The summed E-state index contributed by atoms with van der Waals surface area (Å²) < 4.78 is 0. The Hall–Kier alpha value is -2.22. The molecule has 2 heteroatoms. The Morgan fingerprint density at radius 1 is 1.00 bits per heavy atom. The van der Waals surface area contributed by atoms with Gasteiger partial charge in [-0.1, -0.05) is 50.2 Å². The molecule has 0 saturated heterocycles. The molecule has 108 valence electrons. The predicted octanol–water partition coefficient (Wildman–Crippen LogP) is 4.41. The van der Waals surface area contributed by atoms with E-state index in [4.69, 9.17) is 0 Å². The summed E-state index contributed by atoms with van der Waals surface area (Å²) in [6.45, 7) is 4.62. The van der Waals surface area contributed by atoms with Crippen LogP contribution in [0, 0.1) is 0 Å². The maximum atomic E-state index is 3.35. The molecule has 0 bridgehead atoms. The summed E-state index contributed by atoms with van der Waals surface area (Å²) in [4.78, 5) is 2.36. The molecule has 0 saturated carbocycles. The average Bonchev–Trinajstić information content (AvgIpc) is 2.70. The summed E-state index contributed by atoms with van der Waals surface area (Å²) in [5.74, 6) is 0. The minimum Gasteiger partial charge on any atom is -0.367 e. The Bertz CT molecular complexity index is 644. The van der Waals surface area contributed by atoms with Crippen LogP contribution in [-0.2, 0) is 5.41 Å². The Morgan fingerprint density at radius 2 is 1.67 bits per heavy atom. The van der Waals surface area contributed by atoms with Crippen LogP contribution >= 0.6 is 0 Å². The Morgan fingerprint density at radius 3 is 2.38 bits per heavy atom. The number of anilines is 2. The van der Waals surface area contributed by atoms with E-state index in [0.717, 1.165) is 5.69 Å².